The van der Waals surface area contributed by atoms with Crippen LogP contribution in [0.5, 0.6) is 11.5 Å². The molecule has 0 aliphatic carbocycles. The molecule has 0 saturated heterocycles. The van der Waals surface area contributed by atoms with Crippen molar-refractivity contribution in [3.63, 3.8) is 0 Å². The summed E-state index contributed by atoms with van der Waals surface area (Å²) >= 11 is 0. The van der Waals surface area contributed by atoms with E-state index in [0.717, 1.165) is 5.56 Å². The molecule has 3 rings (SSSR count). The van der Waals surface area contributed by atoms with Crippen LogP contribution in [0.2, 0.25) is 0 Å². The second-order valence-electron chi connectivity index (χ2n) is 5.19. The number of benzene rings is 1. The summed E-state index contributed by atoms with van der Waals surface area (Å²) in [5.41, 5.74) is 1.03. The fourth-order valence-electron chi connectivity index (χ4n) is 2.24. The molecule has 1 aromatic heterocycles. The molecule has 0 bridgehead atoms. The fourth-order valence-corrected chi connectivity index (χ4v) is 2.24. The first-order valence-corrected chi connectivity index (χ1v) is 7.40. The first-order valence-electron chi connectivity index (χ1n) is 7.40. The van der Waals surface area contributed by atoms with Crippen molar-refractivity contribution in [1.29, 1.82) is 0 Å². The van der Waals surface area contributed by atoms with E-state index in [1.807, 2.05) is 19.1 Å². The number of ether oxygens (including phenoxy) is 3. The highest BCUT2D eigenvalue weighted by molar-refractivity contribution is 5.89. The monoisotopic (exact) mass is 328 g/mol. The Morgan fingerprint density at radius 2 is 2.08 bits per heavy atom. The van der Waals surface area contributed by atoms with Crippen LogP contribution < -0.4 is 14.8 Å². The van der Waals surface area contributed by atoms with E-state index < -0.39 is 11.9 Å². The molecule has 0 unspecified atom stereocenters. The van der Waals surface area contributed by atoms with E-state index in [9.17, 15) is 9.59 Å². The van der Waals surface area contributed by atoms with Gasteiger partial charge in [-0.1, -0.05) is 12.1 Å². The van der Waals surface area contributed by atoms with Crippen molar-refractivity contribution >= 4 is 11.9 Å². The summed E-state index contributed by atoms with van der Waals surface area (Å²) in [5, 5.41) is 2.76. The second-order valence-corrected chi connectivity index (χ2v) is 5.19. The van der Waals surface area contributed by atoms with Gasteiger partial charge in [0.1, 0.15) is 5.69 Å². The van der Waals surface area contributed by atoms with Crippen LogP contribution in [0, 0.1) is 0 Å². The van der Waals surface area contributed by atoms with Gasteiger partial charge in [-0.25, -0.2) is 9.78 Å². The Labute approximate surface area is 138 Å². The molecule has 1 aromatic carbocycles. The summed E-state index contributed by atoms with van der Waals surface area (Å²) in [6.45, 7) is 1.66. The molecule has 7 heteroatoms. The maximum Gasteiger partial charge on any atom is 0.357 e. The summed E-state index contributed by atoms with van der Waals surface area (Å²) in [5.74, 6) is 0.294. The molecule has 0 spiro atoms. The predicted octanol–water partition coefficient (Wildman–Crippen LogP) is 1.84. The van der Waals surface area contributed by atoms with Crippen molar-refractivity contribution in [1.82, 2.24) is 10.3 Å². The Bertz CT molecular complexity index is 748. The highest BCUT2D eigenvalue weighted by Gasteiger charge is 2.17. The van der Waals surface area contributed by atoms with Crippen molar-refractivity contribution < 1.29 is 23.8 Å². The molecule has 1 aliphatic heterocycles. The maximum atomic E-state index is 11.9. The zero-order valence-electron chi connectivity index (χ0n) is 13.0. The van der Waals surface area contributed by atoms with Gasteiger partial charge >= 0.3 is 5.97 Å². The van der Waals surface area contributed by atoms with E-state index in [1.54, 1.807) is 18.2 Å². The summed E-state index contributed by atoms with van der Waals surface area (Å²) in [6, 6.07) is 10.1. The van der Waals surface area contributed by atoms with E-state index >= 15 is 0 Å². The normalized spacial score (nSPS) is 13.2. The van der Waals surface area contributed by atoms with Crippen LogP contribution >= 0.6 is 0 Å². The Morgan fingerprint density at radius 1 is 1.25 bits per heavy atom. The van der Waals surface area contributed by atoms with E-state index in [1.165, 1.54) is 12.3 Å². The Morgan fingerprint density at radius 3 is 2.88 bits per heavy atom. The fraction of sp³-hybridized carbons (Fsp3) is 0.235. The zero-order chi connectivity index (χ0) is 16.9. The van der Waals surface area contributed by atoms with Gasteiger partial charge in [-0.05, 0) is 36.8 Å². The number of fused-ring (bicyclic) bond motifs is 1. The highest BCUT2D eigenvalue weighted by atomic mass is 16.7. The van der Waals surface area contributed by atoms with Crippen LogP contribution in [-0.4, -0.2) is 30.3 Å². The molecule has 0 fully saturated rings. The van der Waals surface area contributed by atoms with E-state index in [2.05, 4.69) is 10.3 Å². The zero-order valence-corrected chi connectivity index (χ0v) is 13.0. The Kier molecular flexibility index (Phi) is 4.60. The third-order valence-corrected chi connectivity index (χ3v) is 3.48. The minimum Gasteiger partial charge on any atom is -0.454 e. The lowest BCUT2D eigenvalue weighted by Gasteiger charge is -2.14. The summed E-state index contributed by atoms with van der Waals surface area (Å²) in [7, 11) is 0. The van der Waals surface area contributed by atoms with Gasteiger partial charge in [0.25, 0.3) is 5.91 Å². The number of aromatic nitrogens is 1. The quantitative estimate of drug-likeness (QED) is 0.843. The standard InChI is InChI=1S/C17H16N2O5/c1-11(12-5-6-14-15(8-12)24-10-23-14)19-16(20)9-22-17(21)13-4-2-3-7-18-13/h2-8,11H,9-10H2,1H3,(H,19,20)/t11-/m1/s1. The lowest BCUT2D eigenvalue weighted by Crippen LogP contribution is -2.31. The number of hydrogen-bond acceptors (Lipinski definition) is 6. The van der Waals surface area contributed by atoms with Gasteiger partial charge in [0.15, 0.2) is 18.1 Å². The molecular weight excluding hydrogens is 312 g/mol. The number of rotatable bonds is 5. The average molecular weight is 328 g/mol. The first kappa shape index (κ1) is 15.8. The van der Waals surface area contributed by atoms with Gasteiger partial charge in [-0.3, -0.25) is 4.79 Å². The number of nitrogens with one attached hydrogen (secondary N) is 1. The Hall–Kier alpha value is -3.09. The van der Waals surface area contributed by atoms with Crippen molar-refractivity contribution in [3.05, 3.63) is 53.9 Å². The van der Waals surface area contributed by atoms with Crippen molar-refractivity contribution in [2.45, 2.75) is 13.0 Å². The van der Waals surface area contributed by atoms with Crippen LogP contribution in [-0.2, 0) is 9.53 Å². The van der Waals surface area contributed by atoms with E-state index in [-0.39, 0.29) is 25.1 Å². The molecule has 0 radical (unpaired) electrons. The van der Waals surface area contributed by atoms with Gasteiger partial charge in [-0.2, -0.15) is 0 Å². The van der Waals surface area contributed by atoms with Gasteiger partial charge in [-0.15, -0.1) is 0 Å². The molecule has 1 atom stereocenters. The lowest BCUT2D eigenvalue weighted by molar-refractivity contribution is -0.124. The molecule has 24 heavy (non-hydrogen) atoms. The number of hydrogen-bond donors (Lipinski definition) is 1. The summed E-state index contributed by atoms with van der Waals surface area (Å²) in [6.07, 6.45) is 1.48. The lowest BCUT2D eigenvalue weighted by atomic mass is 10.1. The van der Waals surface area contributed by atoms with Crippen molar-refractivity contribution in [2.75, 3.05) is 13.4 Å². The highest BCUT2D eigenvalue weighted by Crippen LogP contribution is 2.34. The van der Waals surface area contributed by atoms with Gasteiger partial charge < -0.3 is 19.5 Å². The minimum atomic E-state index is -0.638. The van der Waals surface area contributed by atoms with Gasteiger partial charge in [0, 0.05) is 6.20 Å². The molecule has 1 amide bonds. The largest absolute Gasteiger partial charge is 0.454 e. The number of nitrogens with zero attached hydrogens (tertiary/aromatic N) is 1. The summed E-state index contributed by atoms with van der Waals surface area (Å²) in [4.78, 5) is 27.5. The first-order chi connectivity index (χ1) is 11.6. The number of pyridine rings is 1. The minimum absolute atomic E-state index is 0.161. The third kappa shape index (κ3) is 3.62. The third-order valence-electron chi connectivity index (χ3n) is 3.48. The Balaban J connectivity index is 1.52. The molecule has 1 aliphatic rings. The molecule has 2 heterocycles. The average Bonchev–Trinajstić information content (AvgIpc) is 3.08. The number of carbonyl (C=O) groups is 2. The summed E-state index contributed by atoms with van der Waals surface area (Å²) < 4.78 is 15.5. The van der Waals surface area contributed by atoms with Crippen LogP contribution in [0.25, 0.3) is 0 Å². The van der Waals surface area contributed by atoms with Gasteiger partial charge in [0.2, 0.25) is 6.79 Å². The second kappa shape index (κ2) is 6.99. The molecule has 2 aromatic rings. The van der Waals surface area contributed by atoms with E-state index in [0.29, 0.717) is 11.5 Å². The van der Waals surface area contributed by atoms with Crippen LogP contribution in [0.4, 0.5) is 0 Å². The smallest absolute Gasteiger partial charge is 0.357 e. The van der Waals surface area contributed by atoms with Crippen molar-refractivity contribution in [2.24, 2.45) is 0 Å². The molecule has 124 valence electrons. The number of amides is 1. The molecule has 1 N–H and O–H groups in total. The molecule has 0 saturated carbocycles. The van der Waals surface area contributed by atoms with E-state index in [4.69, 9.17) is 14.2 Å². The van der Waals surface area contributed by atoms with Crippen LogP contribution in [0.3, 0.4) is 0 Å². The molecular formula is C17H16N2O5. The predicted molar refractivity (Wildman–Crippen MR) is 83.6 cm³/mol. The van der Waals surface area contributed by atoms with Crippen LogP contribution in [0.1, 0.15) is 29.0 Å². The van der Waals surface area contributed by atoms with Crippen molar-refractivity contribution in [3.8, 4) is 11.5 Å². The van der Waals surface area contributed by atoms with Gasteiger partial charge in [0.05, 0.1) is 6.04 Å². The number of carbonyl (C=O) groups excluding carboxylic acids is 2. The maximum absolute atomic E-state index is 11.9. The SMILES string of the molecule is C[C@@H](NC(=O)COC(=O)c1ccccn1)c1ccc2c(c1)OCO2. The molecule has 7 nitrogen and oxygen atoms in total. The van der Waals surface area contributed by atoms with Crippen LogP contribution in [0.15, 0.2) is 42.6 Å². The number of esters is 1. The topological polar surface area (TPSA) is 86.8 Å².